The van der Waals surface area contributed by atoms with Gasteiger partial charge in [0.15, 0.2) is 0 Å². The normalized spacial score (nSPS) is 11.5. The van der Waals surface area contributed by atoms with Gasteiger partial charge in [0.05, 0.1) is 101 Å². The minimum Gasteiger partial charge on any atom is -0.294 e. The van der Waals surface area contributed by atoms with Gasteiger partial charge in [0, 0.05) is 64.6 Å². The van der Waals surface area contributed by atoms with Crippen molar-refractivity contribution >= 4 is 131 Å². The van der Waals surface area contributed by atoms with Gasteiger partial charge in [-0.15, -0.1) is 0 Å². The van der Waals surface area contributed by atoms with Crippen LogP contribution in [-0.2, 0) is 0 Å². The van der Waals surface area contributed by atoms with Crippen molar-refractivity contribution in [2.45, 2.75) is 0 Å². The van der Waals surface area contributed by atoms with Crippen molar-refractivity contribution < 1.29 is 0 Å². The Hall–Kier alpha value is -17.0. The van der Waals surface area contributed by atoms with Crippen molar-refractivity contribution in [3.05, 3.63) is 417 Å². The van der Waals surface area contributed by atoms with E-state index in [-0.39, 0.29) is 0 Å². The molecule has 15 aromatic carbocycles. The average Bonchev–Trinajstić information content (AvgIpc) is 1.59. The van der Waals surface area contributed by atoms with Gasteiger partial charge < -0.3 is 0 Å². The van der Waals surface area contributed by atoms with E-state index in [4.69, 9.17) is 15.0 Å². The average molecular weight is 1530 g/mol. The molecule has 0 atom stereocenters. The third-order valence-corrected chi connectivity index (χ3v) is 23.3. The quantitative estimate of drug-likeness (QED) is 0.141. The lowest BCUT2D eigenvalue weighted by Gasteiger charge is -2.15. The number of para-hydroxylation sites is 12. The van der Waals surface area contributed by atoms with Gasteiger partial charge in [-0.25, -0.2) is 15.0 Å². The molecule has 9 aromatic heterocycles. The van der Waals surface area contributed by atoms with Crippen molar-refractivity contribution in [1.29, 1.82) is 15.8 Å². The van der Waals surface area contributed by atoms with Crippen LogP contribution in [0.4, 0.5) is 0 Å². The smallest absolute Gasteiger partial charge is 0.140 e. The van der Waals surface area contributed by atoms with E-state index in [1.807, 2.05) is 66.7 Å². The van der Waals surface area contributed by atoms with E-state index < -0.39 is 0 Å². The van der Waals surface area contributed by atoms with Gasteiger partial charge in [0.25, 0.3) is 0 Å². The summed E-state index contributed by atoms with van der Waals surface area (Å²) in [6, 6.07) is 145. The molecule has 0 spiro atoms. The molecular formula is C108H66N12. The molecule has 12 nitrogen and oxygen atoms in total. The van der Waals surface area contributed by atoms with E-state index in [1.165, 1.54) is 64.6 Å². The molecule has 0 saturated heterocycles. The molecule has 120 heavy (non-hydrogen) atoms. The summed E-state index contributed by atoms with van der Waals surface area (Å²) in [5.74, 6) is 4.95. The van der Waals surface area contributed by atoms with E-state index in [0.29, 0.717) is 16.7 Å². The first-order valence-electron chi connectivity index (χ1n) is 39.9. The predicted octanol–water partition coefficient (Wildman–Crippen LogP) is 26.4. The van der Waals surface area contributed by atoms with Crippen LogP contribution in [0.1, 0.15) is 16.7 Å². The molecule has 24 aromatic rings. The van der Waals surface area contributed by atoms with Crippen LogP contribution in [0.5, 0.6) is 0 Å². The molecule has 0 bridgehead atoms. The van der Waals surface area contributed by atoms with Gasteiger partial charge in [-0.1, -0.05) is 261 Å². The maximum absolute atomic E-state index is 9.98. The van der Waals surface area contributed by atoms with Gasteiger partial charge in [-0.05, 0) is 173 Å². The van der Waals surface area contributed by atoms with Crippen molar-refractivity contribution in [2.75, 3.05) is 0 Å². The molecule has 0 saturated carbocycles. The van der Waals surface area contributed by atoms with Crippen LogP contribution >= 0.6 is 0 Å². The highest BCUT2D eigenvalue weighted by Gasteiger charge is 2.24. The number of pyridine rings is 3. The van der Waals surface area contributed by atoms with Crippen LogP contribution in [0.2, 0.25) is 0 Å². The van der Waals surface area contributed by atoms with Crippen molar-refractivity contribution in [3.8, 4) is 86.5 Å². The van der Waals surface area contributed by atoms with E-state index in [2.05, 4.69) is 379 Å². The zero-order valence-electron chi connectivity index (χ0n) is 64.5. The van der Waals surface area contributed by atoms with E-state index >= 15 is 0 Å². The summed E-state index contributed by atoms with van der Waals surface area (Å²) < 4.78 is 13.5. The Morgan fingerprint density at radius 1 is 0.167 bits per heavy atom. The maximum Gasteiger partial charge on any atom is 0.140 e. The molecule has 0 aliphatic rings. The minimum atomic E-state index is 0.631. The molecule has 558 valence electrons. The second-order valence-corrected chi connectivity index (χ2v) is 30.0. The third-order valence-electron chi connectivity index (χ3n) is 23.3. The van der Waals surface area contributed by atoms with Crippen molar-refractivity contribution in [3.63, 3.8) is 0 Å². The molecule has 9 heterocycles. The van der Waals surface area contributed by atoms with Gasteiger partial charge in [0.2, 0.25) is 0 Å². The van der Waals surface area contributed by atoms with Crippen molar-refractivity contribution in [2.24, 2.45) is 0 Å². The summed E-state index contributed by atoms with van der Waals surface area (Å²) in [5.41, 5.74) is 21.0. The molecule has 0 aliphatic carbocycles. The van der Waals surface area contributed by atoms with Crippen LogP contribution < -0.4 is 0 Å². The lowest BCUT2D eigenvalue weighted by Crippen LogP contribution is -2.04. The predicted molar refractivity (Wildman–Crippen MR) is 489 cm³/mol. The first-order chi connectivity index (χ1) is 59.4. The Bertz CT molecular complexity index is 7710. The van der Waals surface area contributed by atoms with Crippen LogP contribution in [-0.4, -0.2) is 42.4 Å². The number of hydrogen-bond donors (Lipinski definition) is 0. The number of fused-ring (bicyclic) bond motifs is 18. The Labute approximate surface area is 688 Å². The largest absolute Gasteiger partial charge is 0.294 e. The molecule has 0 N–H and O–H groups in total. The highest BCUT2D eigenvalue weighted by atomic mass is 15.2. The van der Waals surface area contributed by atoms with E-state index in [0.717, 1.165) is 134 Å². The van der Waals surface area contributed by atoms with E-state index in [1.54, 1.807) is 0 Å². The second kappa shape index (κ2) is 28.8. The standard InChI is InChI=1S/3C36H22N4/c37-23-24-10-9-11-25(20-24)26-21-35(39-31-16-5-1-12-27(31)28-13-2-6-17-32(28)39)38-36(22-26)40-33-18-7-3-14-29(33)30-15-4-8-19-34(30)40;37-23-24-17-19-25(20-18-24)26-21-35(39-31-13-5-1-9-27(31)28-10-2-6-14-32(28)39)38-36(22-26)40-33-15-7-3-11-29(33)30-12-4-8-16-34(30)40;37-23-24-11-1-2-12-26(24)25-21-35(39-31-17-7-3-13-27(31)28-14-4-8-18-32(28)39)38-36(22-25)40-33-19-9-5-15-29(33)30-16-6-10-20-34(30)40/h3*1-22H. The molecule has 0 radical (unpaired) electrons. The number of rotatable bonds is 9. The second-order valence-electron chi connectivity index (χ2n) is 30.0. The number of nitriles is 3. The summed E-state index contributed by atoms with van der Waals surface area (Å²) >= 11 is 0. The number of nitrogens with zero attached hydrogens (tertiary/aromatic N) is 12. The minimum absolute atomic E-state index is 0.631. The summed E-state index contributed by atoms with van der Waals surface area (Å²) in [5, 5.41) is 43.2. The third kappa shape index (κ3) is 11.5. The summed E-state index contributed by atoms with van der Waals surface area (Å²) in [6.45, 7) is 0. The zero-order valence-corrected chi connectivity index (χ0v) is 64.5. The first-order valence-corrected chi connectivity index (χ1v) is 39.9. The van der Waals surface area contributed by atoms with Gasteiger partial charge >= 0.3 is 0 Å². The number of benzene rings is 15. The Morgan fingerprint density at radius 2 is 0.392 bits per heavy atom. The lowest BCUT2D eigenvalue weighted by atomic mass is 10.0. The van der Waals surface area contributed by atoms with E-state index in [9.17, 15) is 15.8 Å². The molecule has 0 fully saturated rings. The SMILES string of the molecule is N#Cc1ccc(-c2cc(-n3c4ccccc4c4ccccc43)nc(-n3c4ccccc4c4ccccc43)c2)cc1.N#Cc1cccc(-c2cc(-n3c4ccccc4c4ccccc43)nc(-n3c4ccccc4c4ccccc43)c2)c1.N#Cc1ccccc1-c1cc(-n2c3ccccc3c3ccccc32)nc(-n2c3ccccc3c3ccccc32)c1. The van der Waals surface area contributed by atoms with Gasteiger partial charge in [-0.3, -0.25) is 27.4 Å². The lowest BCUT2D eigenvalue weighted by molar-refractivity contribution is 1.01. The molecule has 0 unspecified atom stereocenters. The number of hydrogen-bond acceptors (Lipinski definition) is 6. The van der Waals surface area contributed by atoms with Crippen molar-refractivity contribution in [1.82, 2.24) is 42.4 Å². The van der Waals surface area contributed by atoms with Crippen LogP contribution in [0.15, 0.2) is 400 Å². The fraction of sp³-hybridized carbons (Fsp3) is 0. The Kier molecular flexibility index (Phi) is 16.8. The number of aromatic nitrogens is 9. The molecule has 24 rings (SSSR count). The topological polar surface area (TPSA) is 140 Å². The van der Waals surface area contributed by atoms with Crippen LogP contribution in [0, 0.1) is 34.0 Å². The van der Waals surface area contributed by atoms with Crippen LogP contribution in [0.25, 0.3) is 199 Å². The highest BCUT2D eigenvalue weighted by molar-refractivity contribution is 6.14. The molecule has 0 aliphatic heterocycles. The highest BCUT2D eigenvalue weighted by Crippen LogP contribution is 2.42. The summed E-state index contributed by atoms with van der Waals surface area (Å²) in [4.78, 5) is 16.0. The first kappa shape index (κ1) is 69.7. The monoisotopic (exact) mass is 1530 g/mol. The Balaban J connectivity index is 0.000000108. The fourth-order valence-corrected chi connectivity index (χ4v) is 18.0. The Morgan fingerprint density at radius 3 is 0.642 bits per heavy atom. The molecular weight excluding hydrogens is 1470 g/mol. The van der Waals surface area contributed by atoms with Gasteiger partial charge in [-0.2, -0.15) is 15.8 Å². The molecule has 12 heteroatoms. The maximum atomic E-state index is 9.98. The van der Waals surface area contributed by atoms with Gasteiger partial charge in [0.1, 0.15) is 34.9 Å². The fourth-order valence-electron chi connectivity index (χ4n) is 18.0. The summed E-state index contributed by atoms with van der Waals surface area (Å²) in [6.07, 6.45) is 0. The van der Waals surface area contributed by atoms with Crippen LogP contribution in [0.3, 0.4) is 0 Å². The zero-order chi connectivity index (χ0) is 79.9. The molecule has 0 amide bonds. The summed E-state index contributed by atoms with van der Waals surface area (Å²) in [7, 11) is 0.